The third-order valence-corrected chi connectivity index (χ3v) is 13.9. The number of likely N-dealkylation sites (tertiary alicyclic amines) is 2. The number of carbonyl (C=O) groups excluding carboxylic acids is 4. The Morgan fingerprint density at radius 2 is 1.16 bits per heavy atom. The van der Waals surface area contributed by atoms with Crippen LogP contribution in [0.15, 0.2) is 48.7 Å². The maximum atomic E-state index is 13.8. The summed E-state index contributed by atoms with van der Waals surface area (Å²) in [6, 6.07) is 12.8. The SMILES string of the molecule is COC(=O)NC(C(=O)N1CCCC1c1ncc(-c2ccc(-c3nnc(-c4ccc5nc(C6CCCN6C(=O)C(NC(=O)OC)C(C)C)[nH]c5c4)c4c3C3CCC4CC3)cc2)[nH]1)C(C)C. The lowest BCUT2D eigenvalue weighted by atomic mass is 9.65. The van der Waals surface area contributed by atoms with Crippen LogP contribution in [0, 0.1) is 11.8 Å². The van der Waals surface area contributed by atoms with Crippen LogP contribution in [0.4, 0.5) is 9.59 Å². The molecule has 2 saturated heterocycles. The first-order valence-corrected chi connectivity index (χ1v) is 22.8. The lowest BCUT2D eigenvalue weighted by Gasteiger charge is -2.40. The molecule has 64 heavy (non-hydrogen) atoms. The van der Waals surface area contributed by atoms with E-state index in [1.54, 1.807) is 0 Å². The Hall–Kier alpha value is -6.32. The molecule has 0 spiro atoms. The van der Waals surface area contributed by atoms with Gasteiger partial charge in [-0.05, 0) is 104 Å². The van der Waals surface area contributed by atoms with E-state index in [9.17, 15) is 19.2 Å². The van der Waals surface area contributed by atoms with Gasteiger partial charge >= 0.3 is 12.2 Å². The van der Waals surface area contributed by atoms with Gasteiger partial charge in [-0.25, -0.2) is 19.6 Å². The van der Waals surface area contributed by atoms with Crippen molar-refractivity contribution in [1.29, 1.82) is 0 Å². The first-order chi connectivity index (χ1) is 30.9. The lowest BCUT2D eigenvalue weighted by Crippen LogP contribution is -2.51. The number of ether oxygens (including phenoxy) is 2. The van der Waals surface area contributed by atoms with Crippen molar-refractivity contribution in [2.45, 2.75) is 115 Å². The molecule has 4 atom stereocenters. The first kappa shape index (κ1) is 43.0. The fourth-order valence-electron chi connectivity index (χ4n) is 10.6. The molecule has 10 rings (SSSR count). The van der Waals surface area contributed by atoms with E-state index in [2.05, 4.69) is 57.0 Å². The van der Waals surface area contributed by atoms with Crippen molar-refractivity contribution in [2.75, 3.05) is 27.3 Å². The fraction of sp³-hybridized carbons (Fsp3) is 0.500. The van der Waals surface area contributed by atoms with Crippen molar-refractivity contribution >= 4 is 35.0 Å². The van der Waals surface area contributed by atoms with Gasteiger partial charge in [-0.1, -0.05) is 58.0 Å². The van der Waals surface area contributed by atoms with Crippen LogP contribution < -0.4 is 10.6 Å². The van der Waals surface area contributed by atoms with Crippen molar-refractivity contribution < 1.29 is 28.7 Å². The van der Waals surface area contributed by atoms with E-state index in [1.165, 1.54) is 25.3 Å². The molecule has 4 amide bonds. The third-order valence-electron chi connectivity index (χ3n) is 13.9. The molecule has 1 saturated carbocycles. The monoisotopic (exact) mass is 870 g/mol. The van der Waals surface area contributed by atoms with Crippen molar-refractivity contribution in [2.24, 2.45) is 11.8 Å². The van der Waals surface area contributed by atoms with E-state index >= 15 is 0 Å². The highest BCUT2D eigenvalue weighted by atomic mass is 16.5. The van der Waals surface area contributed by atoms with Gasteiger partial charge in [0.25, 0.3) is 0 Å². The molecule has 5 aromatic rings. The van der Waals surface area contributed by atoms with Gasteiger partial charge in [-0.3, -0.25) is 9.59 Å². The summed E-state index contributed by atoms with van der Waals surface area (Å²) in [7, 11) is 2.59. The molecule has 3 aliphatic carbocycles. The van der Waals surface area contributed by atoms with Gasteiger partial charge in [0.15, 0.2) is 0 Å². The number of rotatable bonds is 11. The van der Waals surface area contributed by atoms with Crippen LogP contribution in [0.25, 0.3) is 44.8 Å². The number of hydrogen-bond donors (Lipinski definition) is 4. The van der Waals surface area contributed by atoms with Crippen molar-refractivity contribution in [3.8, 4) is 33.8 Å². The topological polar surface area (TPSA) is 200 Å². The zero-order chi connectivity index (χ0) is 44.8. The summed E-state index contributed by atoms with van der Waals surface area (Å²) < 4.78 is 9.60. The molecule has 4 N–H and O–H groups in total. The Balaban J connectivity index is 0.963. The van der Waals surface area contributed by atoms with E-state index in [0.717, 1.165) is 108 Å². The molecule has 2 bridgehead atoms. The third kappa shape index (κ3) is 7.95. The Kier molecular flexibility index (Phi) is 11.9. The minimum atomic E-state index is -0.703. The lowest BCUT2D eigenvalue weighted by molar-refractivity contribution is -0.136. The zero-order valence-corrected chi connectivity index (χ0v) is 37.4. The van der Waals surface area contributed by atoms with Crippen LogP contribution in [-0.4, -0.2) is 103 Å². The van der Waals surface area contributed by atoms with Gasteiger partial charge in [0.05, 0.1) is 60.6 Å². The zero-order valence-electron chi connectivity index (χ0n) is 37.4. The average Bonchev–Trinajstić information content (AvgIpc) is 4.16. The Morgan fingerprint density at radius 1 is 0.656 bits per heavy atom. The largest absolute Gasteiger partial charge is 0.453 e. The highest BCUT2D eigenvalue weighted by molar-refractivity contribution is 5.88. The smallest absolute Gasteiger partial charge is 0.407 e. The number of aromatic amines is 2. The van der Waals surface area contributed by atoms with Crippen LogP contribution in [-0.2, 0) is 19.1 Å². The van der Waals surface area contributed by atoms with Crippen LogP contribution in [0.2, 0.25) is 0 Å². The Bertz CT molecular complexity index is 2560. The maximum absolute atomic E-state index is 13.8. The van der Waals surface area contributed by atoms with Crippen LogP contribution >= 0.6 is 0 Å². The predicted molar refractivity (Wildman–Crippen MR) is 240 cm³/mol. The molecule has 5 heterocycles. The molecule has 16 nitrogen and oxygen atoms in total. The summed E-state index contributed by atoms with van der Waals surface area (Å²) in [5.74, 6) is 1.76. The molecule has 4 unspecified atom stereocenters. The standard InChI is InChI=1S/C48H58N10O6/c1-25(2)39(53-47(61)63-5)45(59)57-21-7-9-35(57)43-49-24-34(52-43)27-11-17-30(18-12-27)41-37-28-13-15-29(16-14-28)38(37)42(56-55-41)31-19-20-32-33(23-31)51-44(50-32)36-10-8-22-58(36)46(60)40(26(3)4)54-48(62)64-6/h11-12,17-20,23-26,28-29,35-36,39-40H,7-10,13-16,21-22H2,1-6H3,(H,49,52)(H,50,51)(H,53,61)(H,54,62). The second kappa shape index (κ2) is 17.7. The number of hydrogen-bond acceptors (Lipinski definition) is 10. The summed E-state index contributed by atoms with van der Waals surface area (Å²) in [5, 5.41) is 15.4. The molecule has 0 radical (unpaired) electrons. The molecule has 336 valence electrons. The van der Waals surface area contributed by atoms with E-state index in [-0.39, 0.29) is 35.7 Å². The number of H-pyrrole nitrogens is 2. The number of nitrogens with one attached hydrogen (secondary N) is 4. The molecular weight excluding hydrogens is 813 g/mol. The van der Waals surface area contributed by atoms with Gasteiger partial charge in [-0.2, -0.15) is 0 Å². The number of benzene rings is 2. The number of fused-ring (bicyclic) bond motifs is 3. The minimum absolute atomic E-state index is 0.112. The number of amides is 4. The molecule has 3 aromatic heterocycles. The molecule has 2 aliphatic heterocycles. The quantitative estimate of drug-likeness (QED) is 0.101. The summed E-state index contributed by atoms with van der Waals surface area (Å²) in [4.78, 5) is 72.1. The van der Waals surface area contributed by atoms with E-state index in [4.69, 9.17) is 29.6 Å². The van der Waals surface area contributed by atoms with Gasteiger partial charge in [0.2, 0.25) is 11.8 Å². The minimum Gasteiger partial charge on any atom is -0.453 e. The maximum Gasteiger partial charge on any atom is 0.407 e. The highest BCUT2D eigenvalue weighted by Gasteiger charge is 2.41. The first-order valence-electron chi connectivity index (χ1n) is 22.8. The summed E-state index contributed by atoms with van der Waals surface area (Å²) in [5.41, 5.74) is 9.98. The van der Waals surface area contributed by atoms with E-state index in [0.29, 0.717) is 24.9 Å². The predicted octanol–water partition coefficient (Wildman–Crippen LogP) is 7.92. The molecule has 16 heteroatoms. The molecular formula is C48H58N10O6. The van der Waals surface area contributed by atoms with Crippen LogP contribution in [0.5, 0.6) is 0 Å². The van der Waals surface area contributed by atoms with Gasteiger partial charge in [0, 0.05) is 24.2 Å². The molecule has 5 aliphatic rings. The fourth-order valence-corrected chi connectivity index (χ4v) is 10.6. The van der Waals surface area contributed by atoms with E-state index < -0.39 is 24.3 Å². The number of alkyl carbamates (subject to hydrolysis) is 2. The Morgan fingerprint density at radius 3 is 1.69 bits per heavy atom. The normalized spacial score (nSPS) is 21.3. The van der Waals surface area contributed by atoms with Gasteiger partial charge in [0.1, 0.15) is 23.7 Å². The summed E-state index contributed by atoms with van der Waals surface area (Å²) in [6.45, 7) is 8.82. The summed E-state index contributed by atoms with van der Waals surface area (Å²) >= 11 is 0. The number of methoxy groups -OCH3 is 2. The Labute approximate surface area is 372 Å². The number of imidazole rings is 2. The molecule has 3 fully saturated rings. The second-order valence-corrected chi connectivity index (χ2v) is 18.5. The van der Waals surface area contributed by atoms with Crippen molar-refractivity contribution in [3.63, 3.8) is 0 Å². The van der Waals surface area contributed by atoms with Gasteiger partial charge < -0.3 is 39.9 Å². The van der Waals surface area contributed by atoms with Crippen molar-refractivity contribution in [3.05, 3.63) is 71.4 Å². The average molecular weight is 871 g/mol. The number of aromatic nitrogens is 6. The highest BCUT2D eigenvalue weighted by Crippen LogP contribution is 2.54. The van der Waals surface area contributed by atoms with Gasteiger partial charge in [-0.15, -0.1) is 10.2 Å². The van der Waals surface area contributed by atoms with E-state index in [1.807, 2.05) is 49.8 Å². The number of carbonyl (C=O) groups is 4. The second-order valence-electron chi connectivity index (χ2n) is 18.5. The van der Waals surface area contributed by atoms with Crippen LogP contribution in [0.3, 0.4) is 0 Å². The van der Waals surface area contributed by atoms with Crippen molar-refractivity contribution in [1.82, 2.24) is 50.6 Å². The van der Waals surface area contributed by atoms with Crippen LogP contribution in [0.1, 0.15) is 126 Å². The number of nitrogens with zero attached hydrogens (tertiary/aromatic N) is 6. The summed E-state index contributed by atoms with van der Waals surface area (Å²) in [6.07, 6.45) is 8.33. The molecule has 2 aromatic carbocycles.